The van der Waals surface area contributed by atoms with Gasteiger partial charge in [-0.25, -0.2) is 9.78 Å². The summed E-state index contributed by atoms with van der Waals surface area (Å²) in [7, 11) is 0. The third kappa shape index (κ3) is 5.43. The molecule has 0 radical (unpaired) electrons. The van der Waals surface area contributed by atoms with Gasteiger partial charge in [-0.3, -0.25) is 4.79 Å². The fraction of sp³-hybridized carbons (Fsp3) is 0.143. The summed E-state index contributed by atoms with van der Waals surface area (Å²) in [4.78, 5) is 29.7. The number of para-hydroxylation sites is 1. The SMILES string of the molecule is CCOc1cc(C=Nn2c(-c3cc4cc(Br)ccc4o3)nc3ccccc3c2=O)c(Br)c(Br)c1O[C@H](C)C(=O)O. The van der Waals surface area contributed by atoms with Gasteiger partial charge < -0.3 is 19.0 Å². The molecule has 0 bridgehead atoms. The number of carboxylic acids is 1. The standard InChI is InChI=1S/C28H20Br3N3O6/c1-3-38-21-12-16(23(30)24(31)25(21)39-14(2)28(36)37)13-32-34-26(33-19-7-5-4-6-18(19)27(34)35)22-11-15-10-17(29)8-9-20(15)40-22/h4-14H,3H2,1-2H3,(H,36,37)/t14-/m1/s1. The van der Waals surface area contributed by atoms with Crippen LogP contribution >= 0.6 is 47.8 Å². The lowest BCUT2D eigenvalue weighted by molar-refractivity contribution is -0.144. The quantitative estimate of drug-likeness (QED) is 0.167. The molecule has 0 amide bonds. The summed E-state index contributed by atoms with van der Waals surface area (Å²) < 4.78 is 20.5. The fourth-order valence-corrected chi connectivity index (χ4v) is 5.23. The van der Waals surface area contributed by atoms with Crippen molar-refractivity contribution in [2.24, 2.45) is 5.10 Å². The molecular weight excluding hydrogens is 714 g/mol. The predicted molar refractivity (Wildman–Crippen MR) is 163 cm³/mol. The Morgan fingerprint density at radius 1 is 1.15 bits per heavy atom. The molecule has 9 nitrogen and oxygen atoms in total. The number of halogens is 3. The molecular formula is C28H20Br3N3O6. The van der Waals surface area contributed by atoms with Crippen LogP contribution in [0, 0.1) is 0 Å². The van der Waals surface area contributed by atoms with Crippen molar-refractivity contribution < 1.29 is 23.8 Å². The number of hydrogen-bond donors (Lipinski definition) is 1. The molecule has 0 unspecified atom stereocenters. The van der Waals surface area contributed by atoms with E-state index in [-0.39, 0.29) is 17.1 Å². The van der Waals surface area contributed by atoms with Crippen molar-refractivity contribution in [3.63, 3.8) is 0 Å². The third-order valence-corrected chi connectivity index (χ3v) is 8.50. The van der Waals surface area contributed by atoms with Gasteiger partial charge in [0.2, 0.25) is 5.82 Å². The van der Waals surface area contributed by atoms with E-state index in [1.54, 1.807) is 43.3 Å². The number of carboxylic acid groups (broad SMARTS) is 1. The normalized spacial score (nSPS) is 12.3. The van der Waals surface area contributed by atoms with E-state index >= 15 is 0 Å². The first-order chi connectivity index (χ1) is 19.2. The molecule has 0 spiro atoms. The van der Waals surface area contributed by atoms with Gasteiger partial charge in [-0.15, -0.1) is 0 Å². The van der Waals surface area contributed by atoms with Crippen LogP contribution in [0.25, 0.3) is 33.5 Å². The number of carbonyl (C=O) groups is 1. The zero-order valence-electron chi connectivity index (χ0n) is 21.0. The number of aliphatic carboxylic acids is 1. The summed E-state index contributed by atoms with van der Waals surface area (Å²) in [6.07, 6.45) is 0.360. The highest BCUT2D eigenvalue weighted by Gasteiger charge is 2.22. The first-order valence-corrected chi connectivity index (χ1v) is 14.4. The lowest BCUT2D eigenvalue weighted by Gasteiger charge is -2.18. The maximum Gasteiger partial charge on any atom is 0.344 e. The number of rotatable bonds is 8. The second-order valence-electron chi connectivity index (χ2n) is 8.56. The van der Waals surface area contributed by atoms with Crippen LogP contribution in [-0.4, -0.2) is 39.7 Å². The molecule has 40 heavy (non-hydrogen) atoms. The van der Waals surface area contributed by atoms with Gasteiger partial charge in [0.05, 0.1) is 28.2 Å². The predicted octanol–water partition coefficient (Wildman–Crippen LogP) is 7.23. The molecule has 2 aromatic heterocycles. The third-order valence-electron chi connectivity index (χ3n) is 5.86. The van der Waals surface area contributed by atoms with E-state index in [0.29, 0.717) is 49.1 Å². The Bertz CT molecular complexity index is 1860. The van der Waals surface area contributed by atoms with E-state index in [2.05, 4.69) is 52.9 Å². The van der Waals surface area contributed by atoms with Gasteiger partial charge in [-0.2, -0.15) is 9.78 Å². The average Bonchev–Trinajstić information content (AvgIpc) is 3.35. The second-order valence-corrected chi connectivity index (χ2v) is 11.1. The van der Waals surface area contributed by atoms with Crippen LogP contribution < -0.4 is 15.0 Å². The molecule has 5 aromatic rings. The van der Waals surface area contributed by atoms with Crippen molar-refractivity contribution in [2.45, 2.75) is 20.0 Å². The van der Waals surface area contributed by atoms with E-state index in [1.165, 1.54) is 17.8 Å². The zero-order chi connectivity index (χ0) is 28.6. The Morgan fingerprint density at radius 2 is 1.93 bits per heavy atom. The molecule has 0 saturated heterocycles. The Balaban J connectivity index is 1.67. The van der Waals surface area contributed by atoms with E-state index < -0.39 is 12.1 Å². The van der Waals surface area contributed by atoms with Crippen LogP contribution in [0.5, 0.6) is 11.5 Å². The van der Waals surface area contributed by atoms with Crippen LogP contribution in [0.3, 0.4) is 0 Å². The minimum atomic E-state index is -1.12. The van der Waals surface area contributed by atoms with Crippen LogP contribution in [0.15, 0.2) is 82.3 Å². The summed E-state index contributed by atoms with van der Waals surface area (Å²) in [6.45, 7) is 3.53. The molecule has 12 heteroatoms. The van der Waals surface area contributed by atoms with E-state index in [4.69, 9.17) is 18.9 Å². The molecule has 1 atom stereocenters. The summed E-state index contributed by atoms with van der Waals surface area (Å²) in [5.74, 6) is 0.000820. The highest BCUT2D eigenvalue weighted by atomic mass is 79.9. The van der Waals surface area contributed by atoms with Crippen molar-refractivity contribution in [1.29, 1.82) is 0 Å². The van der Waals surface area contributed by atoms with Crippen LogP contribution in [0.1, 0.15) is 19.4 Å². The number of aromatic nitrogens is 2. The van der Waals surface area contributed by atoms with Crippen molar-refractivity contribution in [3.05, 3.63) is 83.9 Å². The Kier molecular flexibility index (Phi) is 8.11. The molecule has 2 heterocycles. The molecule has 5 rings (SSSR count). The van der Waals surface area contributed by atoms with Gasteiger partial charge in [-0.05, 0) is 88.2 Å². The number of nitrogens with zero attached hydrogens (tertiary/aromatic N) is 3. The maximum absolute atomic E-state index is 13.6. The highest BCUT2D eigenvalue weighted by Crippen LogP contribution is 2.43. The molecule has 204 valence electrons. The zero-order valence-corrected chi connectivity index (χ0v) is 25.8. The van der Waals surface area contributed by atoms with Gasteiger partial charge in [0.25, 0.3) is 5.56 Å². The van der Waals surface area contributed by atoms with Gasteiger partial charge in [0, 0.05) is 19.9 Å². The number of benzene rings is 3. The van der Waals surface area contributed by atoms with Crippen molar-refractivity contribution >= 4 is 81.8 Å². The number of furan rings is 1. The number of fused-ring (bicyclic) bond motifs is 2. The largest absolute Gasteiger partial charge is 0.490 e. The molecule has 0 aliphatic carbocycles. The Labute approximate surface area is 252 Å². The number of hydrogen-bond acceptors (Lipinski definition) is 7. The van der Waals surface area contributed by atoms with Crippen LogP contribution in [0.2, 0.25) is 0 Å². The van der Waals surface area contributed by atoms with Gasteiger partial charge in [0.15, 0.2) is 23.4 Å². The molecule has 3 aromatic carbocycles. The minimum Gasteiger partial charge on any atom is -0.490 e. The molecule has 0 aliphatic heterocycles. The fourth-order valence-electron chi connectivity index (χ4n) is 3.93. The van der Waals surface area contributed by atoms with Gasteiger partial charge >= 0.3 is 5.97 Å². The summed E-state index contributed by atoms with van der Waals surface area (Å²) >= 11 is 10.5. The molecule has 0 saturated carbocycles. The molecule has 0 aliphatic rings. The summed E-state index contributed by atoms with van der Waals surface area (Å²) in [5, 5.41) is 15.1. The lowest BCUT2D eigenvalue weighted by atomic mass is 10.2. The van der Waals surface area contributed by atoms with Crippen molar-refractivity contribution in [3.8, 4) is 23.1 Å². The highest BCUT2D eigenvalue weighted by molar-refractivity contribution is 9.13. The smallest absolute Gasteiger partial charge is 0.344 e. The second kappa shape index (κ2) is 11.6. The van der Waals surface area contributed by atoms with Crippen molar-refractivity contribution in [2.75, 3.05) is 6.61 Å². The molecule has 1 N–H and O–H groups in total. The topological polar surface area (TPSA) is 116 Å². The van der Waals surface area contributed by atoms with Gasteiger partial charge in [-0.1, -0.05) is 28.1 Å². The average molecular weight is 734 g/mol. The van der Waals surface area contributed by atoms with E-state index in [0.717, 1.165) is 9.86 Å². The molecule has 0 fully saturated rings. The lowest BCUT2D eigenvalue weighted by Crippen LogP contribution is -2.23. The van der Waals surface area contributed by atoms with Crippen molar-refractivity contribution in [1.82, 2.24) is 9.66 Å². The maximum atomic E-state index is 13.6. The summed E-state index contributed by atoms with van der Waals surface area (Å²) in [6, 6.07) is 16.1. The first-order valence-electron chi connectivity index (χ1n) is 12.0. The Morgan fingerprint density at radius 3 is 2.67 bits per heavy atom. The monoisotopic (exact) mass is 731 g/mol. The summed E-state index contributed by atoms with van der Waals surface area (Å²) in [5.41, 5.74) is 1.29. The van der Waals surface area contributed by atoms with Gasteiger partial charge in [0.1, 0.15) is 5.58 Å². The van der Waals surface area contributed by atoms with E-state index in [1.807, 2.05) is 18.2 Å². The van der Waals surface area contributed by atoms with E-state index in [9.17, 15) is 14.7 Å². The van der Waals surface area contributed by atoms with Crippen LogP contribution in [0.4, 0.5) is 0 Å². The Hall–Kier alpha value is -3.48. The van der Waals surface area contributed by atoms with Crippen LogP contribution in [-0.2, 0) is 4.79 Å². The number of ether oxygens (including phenoxy) is 2. The minimum absolute atomic E-state index is 0.222. The first kappa shape index (κ1) is 28.1.